The fraction of sp³-hybridized carbons (Fsp3) is 0.200. The molecule has 0 spiro atoms. The second-order valence-corrected chi connectivity index (χ2v) is 6.54. The number of hydrogen-bond donors (Lipinski definition) is 0. The van der Waals surface area contributed by atoms with Crippen molar-refractivity contribution in [1.82, 2.24) is 9.80 Å². The van der Waals surface area contributed by atoms with Crippen molar-refractivity contribution in [3.63, 3.8) is 0 Å². The minimum Gasteiger partial charge on any atom is -0.451 e. The van der Waals surface area contributed by atoms with Gasteiger partial charge in [0, 0.05) is 49.3 Å². The molecule has 8 heteroatoms. The van der Waals surface area contributed by atoms with Crippen molar-refractivity contribution < 1.29 is 18.9 Å². The molecule has 2 amide bonds. The number of nitro groups is 1. The number of amides is 2. The third-order valence-corrected chi connectivity index (χ3v) is 4.82. The van der Waals surface area contributed by atoms with Crippen LogP contribution in [0.25, 0.3) is 11.0 Å². The first kappa shape index (κ1) is 17.7. The molecule has 1 fully saturated rings. The minimum absolute atomic E-state index is 0.0576. The summed E-state index contributed by atoms with van der Waals surface area (Å²) < 4.78 is 5.63. The smallest absolute Gasteiger partial charge is 0.289 e. The number of para-hydroxylation sites is 1. The van der Waals surface area contributed by atoms with Crippen LogP contribution < -0.4 is 0 Å². The average molecular weight is 379 g/mol. The fourth-order valence-electron chi connectivity index (χ4n) is 3.26. The zero-order valence-electron chi connectivity index (χ0n) is 14.9. The van der Waals surface area contributed by atoms with E-state index < -0.39 is 4.92 Å². The highest BCUT2D eigenvalue weighted by atomic mass is 16.6. The highest BCUT2D eigenvalue weighted by molar-refractivity contribution is 5.97. The van der Waals surface area contributed by atoms with E-state index in [1.165, 1.54) is 24.3 Å². The standard InChI is InChI=1S/C20H17N3O5/c24-19(14-5-7-16(8-6-14)23(26)27)21-9-11-22(12-10-21)20(25)18-13-15-3-1-2-4-17(15)28-18/h1-8,13H,9-12H2. The largest absolute Gasteiger partial charge is 0.451 e. The van der Waals surface area contributed by atoms with Gasteiger partial charge in [-0.15, -0.1) is 0 Å². The highest BCUT2D eigenvalue weighted by Gasteiger charge is 2.27. The molecule has 0 radical (unpaired) electrons. The Morgan fingerprint density at radius 2 is 1.50 bits per heavy atom. The van der Waals surface area contributed by atoms with E-state index in [1.807, 2.05) is 24.3 Å². The number of furan rings is 1. The van der Waals surface area contributed by atoms with Gasteiger partial charge in [0.2, 0.25) is 0 Å². The van der Waals surface area contributed by atoms with Gasteiger partial charge in [-0.2, -0.15) is 0 Å². The molecule has 0 N–H and O–H groups in total. The normalized spacial score (nSPS) is 14.3. The molecule has 4 rings (SSSR count). The molecule has 0 unspecified atom stereocenters. The van der Waals surface area contributed by atoms with Gasteiger partial charge < -0.3 is 14.2 Å². The number of benzene rings is 2. The summed E-state index contributed by atoms with van der Waals surface area (Å²) in [6.45, 7) is 1.58. The second-order valence-electron chi connectivity index (χ2n) is 6.54. The maximum Gasteiger partial charge on any atom is 0.289 e. The maximum absolute atomic E-state index is 12.7. The van der Waals surface area contributed by atoms with Crippen LogP contribution in [0.2, 0.25) is 0 Å². The number of rotatable bonds is 3. The van der Waals surface area contributed by atoms with Gasteiger partial charge in [-0.25, -0.2) is 0 Å². The molecule has 3 aromatic rings. The van der Waals surface area contributed by atoms with Crippen molar-refractivity contribution in [2.75, 3.05) is 26.2 Å². The molecule has 0 aliphatic carbocycles. The van der Waals surface area contributed by atoms with Crippen LogP contribution in [0.5, 0.6) is 0 Å². The summed E-state index contributed by atoms with van der Waals surface area (Å²) in [5.74, 6) is -0.110. The van der Waals surface area contributed by atoms with Gasteiger partial charge in [0.15, 0.2) is 5.76 Å². The summed E-state index contributed by atoms with van der Waals surface area (Å²) in [6, 6.07) is 14.7. The van der Waals surface area contributed by atoms with E-state index in [0.717, 1.165) is 5.39 Å². The van der Waals surface area contributed by atoms with Crippen LogP contribution in [-0.4, -0.2) is 52.7 Å². The number of piperazine rings is 1. The summed E-state index contributed by atoms with van der Waals surface area (Å²) in [5.41, 5.74) is 0.998. The van der Waals surface area contributed by atoms with Crippen molar-refractivity contribution >= 4 is 28.5 Å². The van der Waals surface area contributed by atoms with Crippen LogP contribution in [0.3, 0.4) is 0 Å². The van der Waals surface area contributed by atoms with Gasteiger partial charge in [-0.1, -0.05) is 18.2 Å². The lowest BCUT2D eigenvalue weighted by Crippen LogP contribution is -2.50. The Kier molecular flexibility index (Phi) is 4.52. The Hall–Kier alpha value is -3.68. The van der Waals surface area contributed by atoms with Crippen LogP contribution in [0, 0.1) is 10.1 Å². The number of carbonyl (C=O) groups is 2. The van der Waals surface area contributed by atoms with Gasteiger partial charge in [0.1, 0.15) is 5.58 Å². The topological polar surface area (TPSA) is 96.9 Å². The molecule has 1 aliphatic heterocycles. The monoisotopic (exact) mass is 379 g/mol. The molecule has 1 aliphatic rings. The predicted octanol–water partition coefficient (Wildman–Crippen LogP) is 2.94. The molecular weight excluding hydrogens is 362 g/mol. The maximum atomic E-state index is 12.7. The van der Waals surface area contributed by atoms with Crippen molar-refractivity contribution in [3.8, 4) is 0 Å². The Morgan fingerprint density at radius 3 is 2.11 bits per heavy atom. The molecular formula is C20H17N3O5. The SMILES string of the molecule is O=C(c1ccc([N+](=O)[O-])cc1)N1CCN(C(=O)c2cc3ccccc3o2)CC1. The van der Waals surface area contributed by atoms with E-state index >= 15 is 0 Å². The first-order chi connectivity index (χ1) is 13.5. The Balaban J connectivity index is 1.40. The zero-order chi connectivity index (χ0) is 19.7. The van der Waals surface area contributed by atoms with Crippen molar-refractivity contribution in [1.29, 1.82) is 0 Å². The van der Waals surface area contributed by atoms with Crippen molar-refractivity contribution in [2.45, 2.75) is 0 Å². The van der Waals surface area contributed by atoms with Gasteiger partial charge in [-0.05, 0) is 24.3 Å². The number of hydrogen-bond acceptors (Lipinski definition) is 5. The van der Waals surface area contributed by atoms with Crippen molar-refractivity contribution in [2.24, 2.45) is 0 Å². The van der Waals surface area contributed by atoms with Gasteiger partial charge in [0.25, 0.3) is 17.5 Å². The third-order valence-electron chi connectivity index (χ3n) is 4.82. The average Bonchev–Trinajstić information content (AvgIpc) is 3.17. The Labute approximate surface area is 160 Å². The lowest BCUT2D eigenvalue weighted by molar-refractivity contribution is -0.384. The molecule has 0 saturated carbocycles. The van der Waals surface area contributed by atoms with E-state index in [9.17, 15) is 19.7 Å². The molecule has 142 valence electrons. The number of non-ortho nitro benzene ring substituents is 1. The lowest BCUT2D eigenvalue weighted by Gasteiger charge is -2.34. The summed E-state index contributed by atoms with van der Waals surface area (Å²) in [4.78, 5) is 38.8. The lowest BCUT2D eigenvalue weighted by atomic mass is 10.1. The second kappa shape index (κ2) is 7.15. The van der Waals surface area contributed by atoms with Crippen molar-refractivity contribution in [3.05, 3.63) is 76.0 Å². The highest BCUT2D eigenvalue weighted by Crippen LogP contribution is 2.21. The summed E-state index contributed by atoms with van der Waals surface area (Å²) in [6.07, 6.45) is 0. The summed E-state index contributed by atoms with van der Waals surface area (Å²) in [7, 11) is 0. The van der Waals surface area contributed by atoms with Gasteiger partial charge in [0.05, 0.1) is 4.92 Å². The molecule has 2 heterocycles. The van der Waals surface area contributed by atoms with E-state index in [2.05, 4.69) is 0 Å². The molecule has 2 aromatic carbocycles. The van der Waals surface area contributed by atoms with Crippen LogP contribution in [-0.2, 0) is 0 Å². The number of nitrogens with zero attached hydrogens (tertiary/aromatic N) is 3. The zero-order valence-corrected chi connectivity index (χ0v) is 14.9. The van der Waals surface area contributed by atoms with Crippen LogP contribution in [0.1, 0.15) is 20.9 Å². The minimum atomic E-state index is -0.503. The van der Waals surface area contributed by atoms with E-state index in [-0.39, 0.29) is 23.3 Å². The number of carbonyl (C=O) groups excluding carboxylic acids is 2. The molecule has 8 nitrogen and oxygen atoms in total. The van der Waals surface area contributed by atoms with E-state index in [0.29, 0.717) is 37.3 Å². The van der Waals surface area contributed by atoms with Gasteiger partial charge >= 0.3 is 0 Å². The first-order valence-electron chi connectivity index (χ1n) is 8.84. The summed E-state index contributed by atoms with van der Waals surface area (Å²) >= 11 is 0. The summed E-state index contributed by atoms with van der Waals surface area (Å²) in [5, 5.41) is 11.6. The van der Waals surface area contributed by atoms with Crippen LogP contribution in [0.15, 0.2) is 59.0 Å². The molecule has 0 atom stereocenters. The third kappa shape index (κ3) is 3.32. The van der Waals surface area contributed by atoms with Crippen LogP contribution in [0.4, 0.5) is 5.69 Å². The number of fused-ring (bicyclic) bond motifs is 1. The molecule has 1 aromatic heterocycles. The van der Waals surface area contributed by atoms with Crippen LogP contribution >= 0.6 is 0 Å². The van der Waals surface area contributed by atoms with E-state index in [4.69, 9.17) is 4.42 Å². The fourth-order valence-corrected chi connectivity index (χ4v) is 3.26. The Morgan fingerprint density at radius 1 is 0.893 bits per heavy atom. The molecule has 0 bridgehead atoms. The first-order valence-corrected chi connectivity index (χ1v) is 8.84. The molecule has 1 saturated heterocycles. The van der Waals surface area contributed by atoms with E-state index in [1.54, 1.807) is 15.9 Å². The predicted molar refractivity (Wildman–Crippen MR) is 101 cm³/mol. The quantitative estimate of drug-likeness (QED) is 0.515. The van der Waals surface area contributed by atoms with Gasteiger partial charge in [-0.3, -0.25) is 19.7 Å². The number of nitro benzene ring substituents is 1. The Bertz CT molecular complexity index is 1020. The molecule has 28 heavy (non-hydrogen) atoms.